The normalized spacial score (nSPS) is 11.2. The molecule has 0 aliphatic heterocycles. The molecular weight excluding hydrogens is 202 g/mol. The van der Waals surface area contributed by atoms with E-state index in [2.05, 4.69) is 0 Å². The van der Waals surface area contributed by atoms with Gasteiger partial charge in [0, 0.05) is 5.69 Å². The summed E-state index contributed by atoms with van der Waals surface area (Å²) < 4.78 is 5.02. The maximum atomic E-state index is 11.8. The third-order valence-corrected chi connectivity index (χ3v) is 2.34. The van der Waals surface area contributed by atoms with Gasteiger partial charge in [-0.05, 0) is 30.0 Å². The summed E-state index contributed by atoms with van der Waals surface area (Å²) >= 11 is 0. The third-order valence-electron chi connectivity index (χ3n) is 2.34. The molecule has 0 bridgehead atoms. The van der Waals surface area contributed by atoms with Crippen molar-refractivity contribution in [2.24, 2.45) is 0 Å². The second kappa shape index (κ2) is 4.56. The van der Waals surface area contributed by atoms with Gasteiger partial charge >= 0.3 is 5.97 Å². The zero-order valence-corrected chi connectivity index (χ0v) is 10.3. The van der Waals surface area contributed by atoms with Crippen molar-refractivity contribution in [1.82, 2.24) is 0 Å². The Morgan fingerprint density at radius 1 is 1.38 bits per heavy atom. The fourth-order valence-electron chi connectivity index (χ4n) is 1.79. The zero-order valence-electron chi connectivity index (χ0n) is 10.3. The van der Waals surface area contributed by atoms with Crippen molar-refractivity contribution in [1.29, 1.82) is 0 Å². The molecule has 2 N–H and O–H groups in total. The number of nitrogen functional groups attached to an aromatic ring is 1. The lowest BCUT2D eigenvalue weighted by Crippen LogP contribution is -2.20. The van der Waals surface area contributed by atoms with Crippen LogP contribution in [0.4, 0.5) is 5.69 Å². The van der Waals surface area contributed by atoms with Gasteiger partial charge in [0.2, 0.25) is 0 Å². The van der Waals surface area contributed by atoms with Crippen molar-refractivity contribution in [3.05, 3.63) is 29.3 Å². The topological polar surface area (TPSA) is 52.3 Å². The first-order chi connectivity index (χ1) is 7.38. The van der Waals surface area contributed by atoms with Crippen molar-refractivity contribution in [3.8, 4) is 0 Å². The van der Waals surface area contributed by atoms with Crippen LogP contribution in [-0.2, 0) is 10.2 Å². The maximum absolute atomic E-state index is 11.8. The molecule has 0 heterocycles. The van der Waals surface area contributed by atoms with E-state index in [1.165, 1.54) is 0 Å². The minimum Gasteiger partial charge on any atom is -0.462 e. The molecule has 0 unspecified atom stereocenters. The van der Waals surface area contributed by atoms with Crippen LogP contribution in [0, 0.1) is 0 Å². The molecule has 0 aliphatic carbocycles. The second-order valence-corrected chi connectivity index (χ2v) is 4.74. The largest absolute Gasteiger partial charge is 0.462 e. The predicted octanol–water partition coefficient (Wildman–Crippen LogP) is 2.74. The lowest BCUT2D eigenvalue weighted by molar-refractivity contribution is 0.0523. The summed E-state index contributed by atoms with van der Waals surface area (Å²) in [6.07, 6.45) is 0. The predicted molar refractivity (Wildman–Crippen MR) is 65.5 cm³/mol. The summed E-state index contributed by atoms with van der Waals surface area (Å²) in [7, 11) is 0. The number of hydrogen-bond donors (Lipinski definition) is 1. The molecule has 0 aromatic heterocycles. The second-order valence-electron chi connectivity index (χ2n) is 4.74. The molecule has 0 atom stereocenters. The molecule has 88 valence electrons. The molecule has 0 aliphatic rings. The Morgan fingerprint density at radius 2 is 2.00 bits per heavy atom. The van der Waals surface area contributed by atoms with Crippen LogP contribution in [-0.4, -0.2) is 12.6 Å². The number of anilines is 1. The number of benzene rings is 1. The minimum absolute atomic E-state index is 0.173. The standard InChI is InChI=1S/C13H19NO2/c1-5-16-12(15)9-7-6-8-10(14)11(9)13(2,3)4/h6-8H,5,14H2,1-4H3. The van der Waals surface area contributed by atoms with E-state index in [-0.39, 0.29) is 11.4 Å². The summed E-state index contributed by atoms with van der Waals surface area (Å²) in [5.41, 5.74) is 7.82. The molecule has 3 nitrogen and oxygen atoms in total. The van der Waals surface area contributed by atoms with Gasteiger partial charge in [0.1, 0.15) is 0 Å². The van der Waals surface area contributed by atoms with Crippen LogP contribution in [0.15, 0.2) is 18.2 Å². The molecule has 0 saturated heterocycles. The van der Waals surface area contributed by atoms with Gasteiger partial charge in [0.05, 0.1) is 12.2 Å². The van der Waals surface area contributed by atoms with Gasteiger partial charge < -0.3 is 10.5 Å². The highest BCUT2D eigenvalue weighted by Gasteiger charge is 2.24. The molecule has 0 fully saturated rings. The van der Waals surface area contributed by atoms with Crippen molar-refractivity contribution >= 4 is 11.7 Å². The third kappa shape index (κ3) is 2.54. The van der Waals surface area contributed by atoms with Gasteiger partial charge in [-0.3, -0.25) is 0 Å². The van der Waals surface area contributed by atoms with Crippen LogP contribution in [0.3, 0.4) is 0 Å². The first-order valence-corrected chi connectivity index (χ1v) is 5.44. The van der Waals surface area contributed by atoms with Gasteiger partial charge in [-0.1, -0.05) is 26.8 Å². The van der Waals surface area contributed by atoms with Crippen LogP contribution in [0.2, 0.25) is 0 Å². The number of nitrogens with two attached hydrogens (primary N) is 1. The summed E-state index contributed by atoms with van der Waals surface area (Å²) in [4.78, 5) is 11.8. The van der Waals surface area contributed by atoms with Crippen LogP contribution in [0.25, 0.3) is 0 Å². The van der Waals surface area contributed by atoms with Gasteiger partial charge in [0.15, 0.2) is 0 Å². The summed E-state index contributed by atoms with van der Waals surface area (Å²) in [6, 6.07) is 5.34. The minimum atomic E-state index is -0.306. The van der Waals surface area contributed by atoms with E-state index in [0.29, 0.717) is 17.9 Å². The zero-order chi connectivity index (χ0) is 12.3. The highest BCUT2D eigenvalue weighted by atomic mass is 16.5. The number of carbonyl (C=O) groups excluding carboxylic acids is 1. The molecule has 0 radical (unpaired) electrons. The number of rotatable bonds is 2. The van der Waals surface area contributed by atoms with E-state index >= 15 is 0 Å². The molecular formula is C13H19NO2. The Labute approximate surface area is 96.6 Å². The highest BCUT2D eigenvalue weighted by Crippen LogP contribution is 2.31. The average Bonchev–Trinajstić information content (AvgIpc) is 2.15. The molecule has 16 heavy (non-hydrogen) atoms. The van der Waals surface area contributed by atoms with Gasteiger partial charge in [-0.25, -0.2) is 4.79 Å². The van der Waals surface area contributed by atoms with E-state index in [4.69, 9.17) is 10.5 Å². The number of esters is 1. The lowest BCUT2D eigenvalue weighted by atomic mass is 9.82. The van der Waals surface area contributed by atoms with Crippen LogP contribution in [0.1, 0.15) is 43.6 Å². The summed E-state index contributed by atoms with van der Waals surface area (Å²) in [5.74, 6) is -0.306. The Kier molecular flexibility index (Phi) is 3.58. The van der Waals surface area contributed by atoms with E-state index in [0.717, 1.165) is 5.56 Å². The molecule has 1 aromatic rings. The maximum Gasteiger partial charge on any atom is 0.338 e. The summed E-state index contributed by atoms with van der Waals surface area (Å²) in [6.45, 7) is 8.25. The molecule has 1 aromatic carbocycles. The van der Waals surface area contributed by atoms with Crippen molar-refractivity contribution < 1.29 is 9.53 Å². The van der Waals surface area contributed by atoms with E-state index in [1.807, 2.05) is 26.8 Å². The van der Waals surface area contributed by atoms with E-state index in [9.17, 15) is 4.79 Å². The fourth-order valence-corrected chi connectivity index (χ4v) is 1.79. The Hall–Kier alpha value is -1.51. The van der Waals surface area contributed by atoms with Gasteiger partial charge in [-0.2, -0.15) is 0 Å². The van der Waals surface area contributed by atoms with E-state index < -0.39 is 0 Å². The van der Waals surface area contributed by atoms with Crippen molar-refractivity contribution in [2.75, 3.05) is 12.3 Å². The van der Waals surface area contributed by atoms with Crippen LogP contribution >= 0.6 is 0 Å². The number of ether oxygens (including phenoxy) is 1. The molecule has 0 spiro atoms. The van der Waals surface area contributed by atoms with Gasteiger partial charge in [0.25, 0.3) is 0 Å². The monoisotopic (exact) mass is 221 g/mol. The number of carbonyl (C=O) groups is 1. The Morgan fingerprint density at radius 3 is 2.50 bits per heavy atom. The first-order valence-electron chi connectivity index (χ1n) is 5.44. The van der Waals surface area contributed by atoms with Crippen LogP contribution in [0.5, 0.6) is 0 Å². The molecule has 3 heteroatoms. The fraction of sp³-hybridized carbons (Fsp3) is 0.462. The average molecular weight is 221 g/mol. The molecule has 0 saturated carbocycles. The van der Waals surface area contributed by atoms with Crippen LogP contribution < -0.4 is 5.73 Å². The Bertz CT molecular complexity index is 391. The number of hydrogen-bond acceptors (Lipinski definition) is 3. The van der Waals surface area contributed by atoms with E-state index in [1.54, 1.807) is 19.1 Å². The smallest absolute Gasteiger partial charge is 0.338 e. The summed E-state index contributed by atoms with van der Waals surface area (Å²) in [5, 5.41) is 0. The van der Waals surface area contributed by atoms with Crippen molar-refractivity contribution in [3.63, 3.8) is 0 Å². The molecule has 0 amide bonds. The highest BCUT2D eigenvalue weighted by molar-refractivity contribution is 5.93. The SMILES string of the molecule is CCOC(=O)c1cccc(N)c1C(C)(C)C. The first kappa shape index (κ1) is 12.6. The van der Waals surface area contributed by atoms with Crippen molar-refractivity contribution in [2.45, 2.75) is 33.1 Å². The van der Waals surface area contributed by atoms with Gasteiger partial charge in [-0.15, -0.1) is 0 Å². The molecule has 1 rings (SSSR count). The quantitative estimate of drug-likeness (QED) is 0.617. The Balaban J connectivity index is 3.29. The lowest BCUT2D eigenvalue weighted by Gasteiger charge is -2.24.